The van der Waals surface area contributed by atoms with E-state index >= 15 is 0 Å². The normalized spacial score (nSPS) is 19.3. The van der Waals surface area contributed by atoms with Crippen molar-refractivity contribution in [1.29, 1.82) is 0 Å². The molecule has 1 aromatic heterocycles. The summed E-state index contributed by atoms with van der Waals surface area (Å²) in [4.78, 5) is 3.62. The summed E-state index contributed by atoms with van der Waals surface area (Å²) >= 11 is 0. The van der Waals surface area contributed by atoms with E-state index in [1.54, 1.807) is 0 Å². The first-order valence-electron chi connectivity index (χ1n) is 6.99. The Hall–Kier alpha value is -1.28. The van der Waals surface area contributed by atoms with Crippen LogP contribution in [0.1, 0.15) is 48.9 Å². The van der Waals surface area contributed by atoms with Crippen LogP contribution in [0.25, 0.3) is 10.9 Å². The van der Waals surface area contributed by atoms with Gasteiger partial charge in [0.1, 0.15) is 0 Å². The molecule has 1 aliphatic carbocycles. The maximum Gasteiger partial charge on any atom is 0.0564 e. The van der Waals surface area contributed by atoms with Gasteiger partial charge in [-0.3, -0.25) is 0 Å². The van der Waals surface area contributed by atoms with Crippen molar-refractivity contribution in [2.75, 3.05) is 0 Å². The molecule has 0 saturated heterocycles. The Morgan fingerprint density at radius 1 is 1.11 bits per heavy atom. The van der Waals surface area contributed by atoms with Gasteiger partial charge >= 0.3 is 0 Å². The van der Waals surface area contributed by atoms with E-state index in [2.05, 4.69) is 37.0 Å². The largest absolute Gasteiger partial charge is 0.356 e. The van der Waals surface area contributed by atoms with Gasteiger partial charge in [-0.05, 0) is 37.8 Å². The monoisotopic (exact) mass is 242 g/mol. The van der Waals surface area contributed by atoms with E-state index in [1.165, 1.54) is 47.0 Å². The lowest BCUT2D eigenvalue weighted by Gasteiger charge is -2.33. The van der Waals surface area contributed by atoms with Crippen LogP contribution in [0.4, 0.5) is 0 Å². The van der Waals surface area contributed by atoms with Gasteiger partial charge in [0.15, 0.2) is 0 Å². The fraction of sp³-hybridized carbons (Fsp3) is 0.500. The average molecular weight is 242 g/mol. The Morgan fingerprint density at radius 3 is 2.50 bits per heavy atom. The number of aromatic nitrogens is 1. The Kier molecular flexibility index (Phi) is 2.70. The van der Waals surface area contributed by atoms with Crippen LogP contribution < -0.4 is 5.73 Å². The highest BCUT2D eigenvalue weighted by Gasteiger charge is 2.32. The lowest BCUT2D eigenvalue weighted by Crippen LogP contribution is -2.39. The van der Waals surface area contributed by atoms with Crippen LogP contribution >= 0.6 is 0 Å². The maximum absolute atomic E-state index is 6.66. The zero-order valence-corrected chi connectivity index (χ0v) is 11.3. The van der Waals surface area contributed by atoms with Crippen molar-refractivity contribution in [2.45, 2.75) is 51.5 Å². The summed E-state index contributed by atoms with van der Waals surface area (Å²) in [5, 5.41) is 1.33. The van der Waals surface area contributed by atoms with Crippen LogP contribution in [-0.4, -0.2) is 4.98 Å². The first kappa shape index (κ1) is 11.8. The summed E-state index contributed by atoms with van der Waals surface area (Å²) in [6.07, 6.45) is 6.06. The highest BCUT2D eigenvalue weighted by Crippen LogP contribution is 2.38. The summed E-state index contributed by atoms with van der Waals surface area (Å²) in [5.74, 6) is 0. The molecule has 0 aliphatic heterocycles. The topological polar surface area (TPSA) is 41.8 Å². The van der Waals surface area contributed by atoms with Gasteiger partial charge in [-0.1, -0.05) is 37.5 Å². The number of para-hydroxylation sites is 1. The van der Waals surface area contributed by atoms with Gasteiger partial charge in [0.2, 0.25) is 0 Å². The number of aromatic amines is 1. The first-order chi connectivity index (χ1) is 8.62. The third kappa shape index (κ3) is 1.67. The van der Waals surface area contributed by atoms with Crippen molar-refractivity contribution in [1.82, 2.24) is 4.98 Å². The lowest BCUT2D eigenvalue weighted by atomic mass is 9.79. The Balaban J connectivity index is 2.17. The second kappa shape index (κ2) is 4.13. The second-order valence-corrected chi connectivity index (χ2v) is 5.84. The van der Waals surface area contributed by atoms with Crippen molar-refractivity contribution >= 4 is 10.9 Å². The second-order valence-electron chi connectivity index (χ2n) is 5.84. The Morgan fingerprint density at radius 2 is 1.83 bits per heavy atom. The quantitative estimate of drug-likeness (QED) is 0.782. The molecule has 18 heavy (non-hydrogen) atoms. The number of rotatable bonds is 1. The van der Waals surface area contributed by atoms with Gasteiger partial charge in [0.05, 0.1) is 5.54 Å². The molecule has 3 rings (SSSR count). The highest BCUT2D eigenvalue weighted by molar-refractivity contribution is 5.87. The van der Waals surface area contributed by atoms with Crippen molar-refractivity contribution < 1.29 is 0 Å². The number of hydrogen-bond acceptors (Lipinski definition) is 1. The minimum absolute atomic E-state index is 0.131. The molecule has 1 saturated carbocycles. The molecule has 96 valence electrons. The van der Waals surface area contributed by atoms with E-state index in [0.717, 1.165) is 12.8 Å². The summed E-state index contributed by atoms with van der Waals surface area (Å²) in [6.45, 7) is 4.36. The van der Waals surface area contributed by atoms with E-state index in [9.17, 15) is 0 Å². The number of fused-ring (bicyclic) bond motifs is 1. The van der Waals surface area contributed by atoms with E-state index in [0.29, 0.717) is 0 Å². The standard InChI is InChI=1S/C16H22N2/c1-11-7-6-8-13-12(2)15(18-14(11)13)16(17)9-4-3-5-10-16/h6-8,18H,3-5,9-10,17H2,1-2H3. The van der Waals surface area contributed by atoms with E-state index in [1.807, 2.05) is 0 Å². The maximum atomic E-state index is 6.66. The SMILES string of the molecule is Cc1c(C2(N)CCCCC2)[nH]c2c(C)cccc12. The zero-order valence-electron chi connectivity index (χ0n) is 11.3. The lowest BCUT2D eigenvalue weighted by molar-refractivity contribution is 0.295. The number of nitrogens with two attached hydrogens (primary N) is 1. The highest BCUT2D eigenvalue weighted by atomic mass is 14.9. The van der Waals surface area contributed by atoms with Gasteiger partial charge in [0.25, 0.3) is 0 Å². The molecule has 0 amide bonds. The summed E-state index contributed by atoms with van der Waals surface area (Å²) in [6, 6.07) is 6.49. The molecule has 3 N–H and O–H groups in total. The third-order valence-corrected chi connectivity index (χ3v) is 4.55. The number of benzene rings is 1. The number of nitrogens with one attached hydrogen (secondary N) is 1. The average Bonchev–Trinajstić information content (AvgIpc) is 2.70. The molecule has 0 bridgehead atoms. The van der Waals surface area contributed by atoms with Crippen molar-refractivity contribution in [2.24, 2.45) is 5.73 Å². The van der Waals surface area contributed by atoms with E-state index < -0.39 is 0 Å². The number of aryl methyl sites for hydroxylation is 2. The number of H-pyrrole nitrogens is 1. The fourth-order valence-electron chi connectivity index (χ4n) is 3.43. The molecule has 2 aromatic rings. The minimum Gasteiger partial charge on any atom is -0.356 e. The molecular formula is C16H22N2. The van der Waals surface area contributed by atoms with Gasteiger partial charge < -0.3 is 10.7 Å². The van der Waals surface area contributed by atoms with E-state index in [4.69, 9.17) is 5.73 Å². The smallest absolute Gasteiger partial charge is 0.0564 e. The van der Waals surface area contributed by atoms with Crippen molar-refractivity contribution in [3.8, 4) is 0 Å². The molecule has 2 nitrogen and oxygen atoms in total. The predicted octanol–water partition coefficient (Wildman–Crippen LogP) is 3.90. The molecule has 1 fully saturated rings. The van der Waals surface area contributed by atoms with Crippen LogP contribution in [0, 0.1) is 13.8 Å². The predicted molar refractivity (Wildman–Crippen MR) is 76.7 cm³/mol. The van der Waals surface area contributed by atoms with Crippen LogP contribution in [0.15, 0.2) is 18.2 Å². The van der Waals surface area contributed by atoms with Crippen molar-refractivity contribution in [3.63, 3.8) is 0 Å². The Labute approximate surface area is 109 Å². The van der Waals surface area contributed by atoms with E-state index in [-0.39, 0.29) is 5.54 Å². The molecule has 0 atom stereocenters. The van der Waals surface area contributed by atoms with Gasteiger partial charge in [-0.15, -0.1) is 0 Å². The summed E-state index contributed by atoms with van der Waals surface area (Å²) in [7, 11) is 0. The van der Waals surface area contributed by atoms with Crippen molar-refractivity contribution in [3.05, 3.63) is 35.0 Å². The summed E-state index contributed by atoms with van der Waals surface area (Å²) in [5.41, 5.74) is 11.7. The molecule has 1 aliphatic rings. The molecule has 0 spiro atoms. The summed E-state index contributed by atoms with van der Waals surface area (Å²) < 4.78 is 0. The third-order valence-electron chi connectivity index (χ3n) is 4.55. The zero-order chi connectivity index (χ0) is 12.8. The van der Waals surface area contributed by atoms with Crippen LogP contribution in [0.5, 0.6) is 0 Å². The molecular weight excluding hydrogens is 220 g/mol. The molecule has 1 aromatic carbocycles. The van der Waals surface area contributed by atoms with Gasteiger partial charge in [-0.2, -0.15) is 0 Å². The van der Waals surface area contributed by atoms with Crippen LogP contribution in [-0.2, 0) is 5.54 Å². The first-order valence-corrected chi connectivity index (χ1v) is 6.99. The van der Waals surface area contributed by atoms with Crippen LogP contribution in [0.3, 0.4) is 0 Å². The Bertz CT molecular complexity index is 574. The van der Waals surface area contributed by atoms with Crippen LogP contribution in [0.2, 0.25) is 0 Å². The molecule has 2 heteroatoms. The molecule has 1 heterocycles. The fourth-order valence-corrected chi connectivity index (χ4v) is 3.43. The van der Waals surface area contributed by atoms with Gasteiger partial charge in [-0.25, -0.2) is 0 Å². The molecule has 0 unspecified atom stereocenters. The van der Waals surface area contributed by atoms with Gasteiger partial charge in [0, 0.05) is 16.6 Å². The molecule has 0 radical (unpaired) electrons. The minimum atomic E-state index is -0.131. The number of hydrogen-bond donors (Lipinski definition) is 2.